The van der Waals surface area contributed by atoms with Crippen LogP contribution >= 0.6 is 0 Å². The molecule has 0 atom stereocenters. The first-order valence-electron chi connectivity index (χ1n) is 15.8. The van der Waals surface area contributed by atoms with Gasteiger partial charge in [-0.1, -0.05) is 32.6 Å². The van der Waals surface area contributed by atoms with Crippen molar-refractivity contribution in [1.29, 1.82) is 0 Å². The van der Waals surface area contributed by atoms with Gasteiger partial charge in [-0.25, -0.2) is 0 Å². The van der Waals surface area contributed by atoms with E-state index in [1.807, 2.05) is 0 Å². The van der Waals surface area contributed by atoms with E-state index in [2.05, 4.69) is 6.92 Å². The number of carbonyl (C=O) groups is 1. The summed E-state index contributed by atoms with van der Waals surface area (Å²) in [5, 5.41) is 8.48. The van der Waals surface area contributed by atoms with Gasteiger partial charge in [0, 0.05) is 6.61 Å². The Bertz CT molecular complexity index is 528. The van der Waals surface area contributed by atoms with E-state index in [1.165, 1.54) is 25.7 Å². The third-order valence-corrected chi connectivity index (χ3v) is 5.57. The third-order valence-electron chi connectivity index (χ3n) is 5.57. The summed E-state index contributed by atoms with van der Waals surface area (Å²) in [5.74, 6) is -0.872. The van der Waals surface area contributed by atoms with Gasteiger partial charge in [0.05, 0.1) is 145 Å². The van der Waals surface area contributed by atoms with Gasteiger partial charge in [-0.15, -0.1) is 0 Å². The average molecular weight is 629 g/mol. The molecule has 0 saturated heterocycles. The highest BCUT2D eigenvalue weighted by molar-refractivity contribution is 5.66. The van der Waals surface area contributed by atoms with E-state index in [1.54, 1.807) is 0 Å². The van der Waals surface area contributed by atoms with Crippen molar-refractivity contribution in [2.24, 2.45) is 0 Å². The topological polar surface area (TPSA) is 139 Å². The van der Waals surface area contributed by atoms with Crippen LogP contribution in [0.25, 0.3) is 0 Å². The molecule has 13 heteroatoms. The number of carboxylic acids is 1. The average Bonchev–Trinajstić information content (AvgIpc) is 3.00. The van der Waals surface area contributed by atoms with Crippen LogP contribution < -0.4 is 0 Å². The van der Waals surface area contributed by atoms with Gasteiger partial charge in [0.25, 0.3) is 0 Å². The van der Waals surface area contributed by atoms with Crippen LogP contribution in [-0.4, -0.2) is 156 Å². The van der Waals surface area contributed by atoms with E-state index in [0.717, 1.165) is 13.0 Å². The molecule has 0 aliphatic rings. The highest BCUT2D eigenvalue weighted by Crippen LogP contribution is 2.02. The van der Waals surface area contributed by atoms with E-state index in [4.69, 9.17) is 57.2 Å². The Hall–Kier alpha value is -0.970. The molecule has 0 aromatic heterocycles. The van der Waals surface area contributed by atoms with Crippen molar-refractivity contribution in [2.75, 3.05) is 145 Å². The van der Waals surface area contributed by atoms with Gasteiger partial charge in [-0.05, 0) is 6.42 Å². The van der Waals surface area contributed by atoms with Crippen LogP contribution in [0.4, 0.5) is 0 Å². The van der Waals surface area contributed by atoms with Crippen molar-refractivity contribution in [2.45, 2.75) is 45.4 Å². The van der Waals surface area contributed by atoms with Crippen molar-refractivity contribution in [3.8, 4) is 0 Å². The van der Waals surface area contributed by atoms with Crippen molar-refractivity contribution in [3.63, 3.8) is 0 Å². The quantitative estimate of drug-likeness (QED) is 0.0999. The van der Waals surface area contributed by atoms with Crippen LogP contribution in [-0.2, 0) is 56.9 Å². The van der Waals surface area contributed by atoms with Gasteiger partial charge < -0.3 is 57.2 Å². The molecule has 258 valence electrons. The maximum absolute atomic E-state index is 10.3. The first-order chi connectivity index (χ1) is 21.3. The fourth-order valence-electron chi connectivity index (χ4n) is 3.27. The number of aliphatic carboxylic acids is 1. The predicted octanol–water partition coefficient (Wildman–Crippen LogP) is 2.61. The molecule has 1 N–H and O–H groups in total. The molecule has 0 radical (unpaired) electrons. The Balaban J connectivity index is 3.03. The SMILES string of the molecule is CCCCCCCOCCOCCOCCOCCOCCOCCOCCOCCOCCOCCOCCC(=O)O. The highest BCUT2D eigenvalue weighted by Gasteiger charge is 1.98. The normalized spacial score (nSPS) is 11.5. The summed E-state index contributed by atoms with van der Waals surface area (Å²) in [6.07, 6.45) is 6.26. The summed E-state index contributed by atoms with van der Waals surface area (Å²) in [6, 6.07) is 0. The van der Waals surface area contributed by atoms with Crippen LogP contribution in [0.15, 0.2) is 0 Å². The lowest BCUT2D eigenvalue weighted by Crippen LogP contribution is -2.15. The predicted molar refractivity (Wildman–Crippen MR) is 160 cm³/mol. The summed E-state index contributed by atoms with van der Waals surface area (Å²) in [5.41, 5.74) is 0. The Kier molecular flexibility index (Phi) is 38.2. The summed E-state index contributed by atoms with van der Waals surface area (Å²) in [7, 11) is 0. The molecule has 0 aromatic carbocycles. The van der Waals surface area contributed by atoms with Crippen LogP contribution in [0.5, 0.6) is 0 Å². The van der Waals surface area contributed by atoms with Crippen LogP contribution in [0, 0.1) is 0 Å². The first kappa shape index (κ1) is 42.0. The Morgan fingerprint density at radius 3 is 0.837 bits per heavy atom. The van der Waals surface area contributed by atoms with E-state index >= 15 is 0 Å². The summed E-state index contributed by atoms with van der Waals surface area (Å²) >= 11 is 0. The molecule has 13 nitrogen and oxygen atoms in total. The van der Waals surface area contributed by atoms with E-state index in [0.29, 0.717) is 132 Å². The van der Waals surface area contributed by atoms with Crippen LogP contribution in [0.2, 0.25) is 0 Å². The maximum atomic E-state index is 10.3. The Morgan fingerprint density at radius 2 is 0.581 bits per heavy atom. The largest absolute Gasteiger partial charge is 0.481 e. The van der Waals surface area contributed by atoms with E-state index in [-0.39, 0.29) is 13.0 Å². The molecule has 43 heavy (non-hydrogen) atoms. The summed E-state index contributed by atoms with van der Waals surface area (Å²) < 4.78 is 59.6. The number of carboxylic acid groups (broad SMARTS) is 1. The molecule has 0 aliphatic carbocycles. The van der Waals surface area contributed by atoms with Crippen LogP contribution in [0.3, 0.4) is 0 Å². The number of ether oxygens (including phenoxy) is 11. The minimum atomic E-state index is -0.872. The van der Waals surface area contributed by atoms with E-state index in [9.17, 15) is 4.79 Å². The third kappa shape index (κ3) is 41.0. The van der Waals surface area contributed by atoms with Crippen molar-refractivity contribution in [3.05, 3.63) is 0 Å². The summed E-state index contributed by atoms with van der Waals surface area (Å²) in [4.78, 5) is 10.3. The van der Waals surface area contributed by atoms with Gasteiger partial charge in [-0.2, -0.15) is 0 Å². The second-order valence-electron chi connectivity index (χ2n) is 9.29. The van der Waals surface area contributed by atoms with Gasteiger partial charge in [0.1, 0.15) is 0 Å². The molecule has 0 heterocycles. The minimum Gasteiger partial charge on any atom is -0.481 e. The molecule has 0 saturated carbocycles. The fourth-order valence-corrected chi connectivity index (χ4v) is 3.27. The number of rotatable bonds is 39. The van der Waals surface area contributed by atoms with Crippen LogP contribution in [0.1, 0.15) is 45.4 Å². The van der Waals surface area contributed by atoms with E-state index < -0.39 is 5.97 Å². The lowest BCUT2D eigenvalue weighted by atomic mass is 10.2. The molecule has 0 spiro atoms. The lowest BCUT2D eigenvalue weighted by molar-refractivity contribution is -0.138. The van der Waals surface area contributed by atoms with Gasteiger partial charge in [0.15, 0.2) is 0 Å². The van der Waals surface area contributed by atoms with Gasteiger partial charge in [-0.3, -0.25) is 4.79 Å². The smallest absolute Gasteiger partial charge is 0.305 e. The molecule has 0 unspecified atom stereocenters. The Labute approximate surface area is 259 Å². The number of hydrogen-bond acceptors (Lipinski definition) is 12. The highest BCUT2D eigenvalue weighted by atomic mass is 16.6. The van der Waals surface area contributed by atoms with Gasteiger partial charge in [0.2, 0.25) is 0 Å². The molecule has 0 bridgehead atoms. The minimum absolute atomic E-state index is 0.000680. The molecular weight excluding hydrogens is 568 g/mol. The summed E-state index contributed by atoms with van der Waals surface area (Å²) in [6.45, 7) is 13.3. The standard InChI is InChI=1S/C30H60O13/c1-2-3-4-5-6-8-33-10-12-35-14-16-37-18-20-39-22-24-41-26-28-43-29-27-42-25-23-40-21-19-38-17-15-36-13-11-34-9-7-30(31)32/h2-29H2,1H3,(H,31,32). The zero-order valence-corrected chi connectivity index (χ0v) is 26.6. The second-order valence-corrected chi connectivity index (χ2v) is 9.29. The first-order valence-corrected chi connectivity index (χ1v) is 15.8. The lowest BCUT2D eigenvalue weighted by Gasteiger charge is -2.09. The second kappa shape index (κ2) is 39.1. The number of hydrogen-bond donors (Lipinski definition) is 1. The molecule has 0 aromatic rings. The Morgan fingerprint density at radius 1 is 0.349 bits per heavy atom. The molecule has 0 rings (SSSR count). The molecule has 0 aliphatic heterocycles. The molecular formula is C30H60O13. The zero-order valence-electron chi connectivity index (χ0n) is 26.6. The van der Waals surface area contributed by atoms with Crippen molar-refractivity contribution >= 4 is 5.97 Å². The zero-order chi connectivity index (χ0) is 31.2. The monoisotopic (exact) mass is 628 g/mol. The fraction of sp³-hybridized carbons (Fsp3) is 0.967. The van der Waals surface area contributed by atoms with Crippen molar-refractivity contribution < 1.29 is 62.0 Å². The molecule has 0 amide bonds. The maximum Gasteiger partial charge on any atom is 0.305 e. The van der Waals surface area contributed by atoms with Gasteiger partial charge >= 0.3 is 5.97 Å². The number of unbranched alkanes of at least 4 members (excludes halogenated alkanes) is 4. The molecule has 0 fully saturated rings. The van der Waals surface area contributed by atoms with Crippen molar-refractivity contribution in [1.82, 2.24) is 0 Å².